The quantitative estimate of drug-likeness (QED) is 0.221. The second-order valence-electron chi connectivity index (χ2n) is 8.05. The van der Waals surface area contributed by atoms with Crippen molar-refractivity contribution < 1.29 is 28.5 Å². The van der Waals surface area contributed by atoms with Crippen molar-refractivity contribution in [2.45, 2.75) is 18.9 Å². The number of rotatable bonds is 12. The molecule has 0 amide bonds. The average Bonchev–Trinajstić information content (AvgIpc) is 3.49. The molecule has 2 N–H and O–H groups in total. The maximum atomic E-state index is 11.8. The van der Waals surface area contributed by atoms with Crippen LogP contribution in [0.4, 0.5) is 0 Å². The molecule has 9 heteroatoms. The standard InChI is InChI=1S/C28H27N3O6/c1-33-30-27(22-5-3-2-4-6-22)19-35-23-11-7-20(8-12-23)18-34-24-13-9-21(10-14-24)25(17-28(32)37-29)26-15-16-36-31-26/h2-16,25H,17-19,29H2,1H3/b30-27+. The van der Waals surface area contributed by atoms with E-state index in [0.717, 1.165) is 16.7 Å². The van der Waals surface area contributed by atoms with Crippen LogP contribution in [0.25, 0.3) is 0 Å². The summed E-state index contributed by atoms with van der Waals surface area (Å²) in [6.45, 7) is 0.657. The number of hydrogen-bond acceptors (Lipinski definition) is 9. The number of nitrogens with zero attached hydrogens (tertiary/aromatic N) is 2. The maximum absolute atomic E-state index is 11.8. The summed E-state index contributed by atoms with van der Waals surface area (Å²) >= 11 is 0. The van der Waals surface area contributed by atoms with Crippen LogP contribution in [0, 0.1) is 0 Å². The number of aromatic nitrogens is 1. The highest BCUT2D eigenvalue weighted by Gasteiger charge is 2.21. The fraction of sp³-hybridized carbons (Fsp3) is 0.179. The van der Waals surface area contributed by atoms with E-state index in [9.17, 15) is 4.79 Å². The molecule has 0 aliphatic rings. The molecule has 9 nitrogen and oxygen atoms in total. The van der Waals surface area contributed by atoms with E-state index in [-0.39, 0.29) is 18.9 Å². The van der Waals surface area contributed by atoms with E-state index < -0.39 is 5.97 Å². The molecular formula is C28H27N3O6. The molecule has 0 saturated carbocycles. The third kappa shape index (κ3) is 7.18. The van der Waals surface area contributed by atoms with E-state index in [2.05, 4.69) is 15.1 Å². The number of oxime groups is 1. The Kier molecular flexibility index (Phi) is 8.87. The first-order valence-electron chi connectivity index (χ1n) is 11.6. The zero-order valence-electron chi connectivity index (χ0n) is 20.3. The van der Waals surface area contributed by atoms with Gasteiger partial charge in [0.2, 0.25) is 0 Å². The lowest BCUT2D eigenvalue weighted by atomic mass is 9.92. The molecule has 0 aliphatic carbocycles. The molecule has 0 bridgehead atoms. The number of hydrogen-bond donors (Lipinski definition) is 1. The number of ether oxygens (including phenoxy) is 2. The van der Waals surface area contributed by atoms with Gasteiger partial charge in [-0.05, 0) is 35.4 Å². The third-order valence-corrected chi connectivity index (χ3v) is 5.61. The van der Waals surface area contributed by atoms with Crippen LogP contribution in [0.5, 0.6) is 11.5 Å². The molecule has 0 aliphatic heterocycles. The summed E-state index contributed by atoms with van der Waals surface area (Å²) < 4.78 is 16.7. The first-order valence-corrected chi connectivity index (χ1v) is 11.6. The van der Waals surface area contributed by atoms with Gasteiger partial charge in [0, 0.05) is 17.5 Å². The van der Waals surface area contributed by atoms with Crippen molar-refractivity contribution in [3.63, 3.8) is 0 Å². The van der Waals surface area contributed by atoms with Crippen LogP contribution in [0.2, 0.25) is 0 Å². The summed E-state index contributed by atoms with van der Waals surface area (Å²) in [6.07, 6.45) is 1.50. The van der Waals surface area contributed by atoms with Crippen molar-refractivity contribution in [3.8, 4) is 11.5 Å². The van der Waals surface area contributed by atoms with Gasteiger partial charge in [-0.1, -0.05) is 64.9 Å². The van der Waals surface area contributed by atoms with Crippen LogP contribution in [0.3, 0.4) is 0 Å². The Balaban J connectivity index is 1.32. The number of carbonyl (C=O) groups is 1. The normalized spacial score (nSPS) is 12.0. The Labute approximate surface area is 214 Å². The fourth-order valence-electron chi connectivity index (χ4n) is 3.71. The van der Waals surface area contributed by atoms with Gasteiger partial charge in [-0.15, -0.1) is 0 Å². The molecule has 4 aromatic rings. The Morgan fingerprint density at radius 2 is 1.65 bits per heavy atom. The van der Waals surface area contributed by atoms with Crippen molar-refractivity contribution in [1.29, 1.82) is 0 Å². The molecule has 37 heavy (non-hydrogen) atoms. The van der Waals surface area contributed by atoms with Gasteiger partial charge in [0.25, 0.3) is 0 Å². The third-order valence-electron chi connectivity index (χ3n) is 5.61. The predicted molar refractivity (Wildman–Crippen MR) is 136 cm³/mol. The predicted octanol–water partition coefficient (Wildman–Crippen LogP) is 4.62. The molecule has 0 radical (unpaired) electrons. The summed E-state index contributed by atoms with van der Waals surface area (Å²) in [5.74, 6) is 5.53. The molecule has 0 fully saturated rings. The molecule has 1 unspecified atom stereocenters. The van der Waals surface area contributed by atoms with E-state index in [4.69, 9.17) is 24.7 Å². The van der Waals surface area contributed by atoms with Gasteiger partial charge < -0.3 is 23.7 Å². The van der Waals surface area contributed by atoms with Crippen LogP contribution in [-0.4, -0.2) is 30.6 Å². The van der Waals surface area contributed by atoms with Gasteiger partial charge in [-0.3, -0.25) is 4.79 Å². The van der Waals surface area contributed by atoms with E-state index in [1.165, 1.54) is 13.4 Å². The minimum atomic E-state index is -0.539. The SMILES string of the molecule is CO/N=C(\COc1ccc(COc2ccc(C(CC(=O)ON)c3ccon3)cc2)cc1)c1ccccc1. The van der Waals surface area contributed by atoms with Crippen LogP contribution < -0.4 is 15.4 Å². The second kappa shape index (κ2) is 12.9. The first-order chi connectivity index (χ1) is 18.2. The molecule has 4 rings (SSSR count). The first kappa shape index (κ1) is 25.5. The Bertz CT molecular complexity index is 1270. The van der Waals surface area contributed by atoms with Gasteiger partial charge in [0.15, 0.2) is 0 Å². The van der Waals surface area contributed by atoms with Crippen molar-refractivity contribution >= 4 is 11.7 Å². The van der Waals surface area contributed by atoms with Crippen LogP contribution in [-0.2, 0) is 21.1 Å². The molecule has 1 aromatic heterocycles. The van der Waals surface area contributed by atoms with Crippen molar-refractivity contribution in [2.75, 3.05) is 13.7 Å². The minimum Gasteiger partial charge on any atom is -0.489 e. The highest BCUT2D eigenvalue weighted by molar-refractivity contribution is 6.01. The lowest BCUT2D eigenvalue weighted by molar-refractivity contribution is -0.144. The number of carbonyl (C=O) groups excluding carboxylic acids is 1. The summed E-state index contributed by atoms with van der Waals surface area (Å²) in [6, 6.07) is 26.5. The van der Waals surface area contributed by atoms with Crippen LogP contribution in [0.1, 0.15) is 34.7 Å². The second-order valence-corrected chi connectivity index (χ2v) is 8.05. The topological polar surface area (TPSA) is 118 Å². The lowest BCUT2D eigenvalue weighted by Crippen LogP contribution is -2.15. The van der Waals surface area contributed by atoms with E-state index in [1.807, 2.05) is 78.9 Å². The summed E-state index contributed by atoms with van der Waals surface area (Å²) in [4.78, 5) is 21.1. The smallest absolute Gasteiger partial charge is 0.325 e. The van der Waals surface area contributed by atoms with Crippen molar-refractivity contribution in [2.24, 2.45) is 11.1 Å². The van der Waals surface area contributed by atoms with Crippen LogP contribution >= 0.6 is 0 Å². The van der Waals surface area contributed by atoms with E-state index in [0.29, 0.717) is 29.5 Å². The molecule has 1 heterocycles. The van der Waals surface area contributed by atoms with Gasteiger partial charge >= 0.3 is 5.97 Å². The highest BCUT2D eigenvalue weighted by atomic mass is 16.7. The summed E-state index contributed by atoms with van der Waals surface area (Å²) in [7, 11) is 1.51. The molecule has 190 valence electrons. The Morgan fingerprint density at radius 3 is 2.30 bits per heavy atom. The number of benzene rings is 3. The largest absolute Gasteiger partial charge is 0.489 e. The van der Waals surface area contributed by atoms with Gasteiger partial charge in [0.1, 0.15) is 43.8 Å². The number of nitrogens with two attached hydrogens (primary N) is 1. The van der Waals surface area contributed by atoms with Crippen molar-refractivity contribution in [3.05, 3.63) is 114 Å². The minimum absolute atomic E-state index is 0.0435. The fourth-order valence-corrected chi connectivity index (χ4v) is 3.71. The zero-order chi connectivity index (χ0) is 25.9. The zero-order valence-corrected chi connectivity index (χ0v) is 20.3. The van der Waals surface area contributed by atoms with Gasteiger partial charge in [-0.2, -0.15) is 5.90 Å². The maximum Gasteiger partial charge on any atom is 0.325 e. The van der Waals surface area contributed by atoms with Crippen molar-refractivity contribution in [1.82, 2.24) is 5.16 Å². The highest BCUT2D eigenvalue weighted by Crippen LogP contribution is 2.29. The van der Waals surface area contributed by atoms with E-state index >= 15 is 0 Å². The summed E-state index contributed by atoms with van der Waals surface area (Å²) in [5.41, 5.74) is 4.10. The molecule has 3 aromatic carbocycles. The Morgan fingerprint density at radius 1 is 0.946 bits per heavy atom. The summed E-state index contributed by atoms with van der Waals surface area (Å²) in [5, 5.41) is 8.03. The monoisotopic (exact) mass is 501 g/mol. The lowest BCUT2D eigenvalue weighted by Gasteiger charge is -2.14. The van der Waals surface area contributed by atoms with E-state index in [1.54, 1.807) is 6.07 Å². The molecule has 1 atom stereocenters. The Hall–Kier alpha value is -4.63. The van der Waals surface area contributed by atoms with Crippen LogP contribution in [0.15, 0.2) is 101 Å². The molecule has 0 spiro atoms. The van der Waals surface area contributed by atoms with Gasteiger partial charge in [-0.25, -0.2) is 0 Å². The molecular weight excluding hydrogens is 474 g/mol. The van der Waals surface area contributed by atoms with Gasteiger partial charge in [0.05, 0.1) is 12.1 Å². The molecule has 0 saturated heterocycles. The average molecular weight is 502 g/mol.